The predicted octanol–water partition coefficient (Wildman–Crippen LogP) is 1.55. The summed E-state index contributed by atoms with van der Waals surface area (Å²) in [6.07, 6.45) is 6.72. The van der Waals surface area contributed by atoms with Crippen LogP contribution in [0.1, 0.15) is 55.8 Å². The van der Waals surface area contributed by atoms with Gasteiger partial charge in [-0.05, 0) is 30.7 Å². The summed E-state index contributed by atoms with van der Waals surface area (Å²) in [6.45, 7) is 1.63. The van der Waals surface area contributed by atoms with Gasteiger partial charge in [0.05, 0.1) is 18.8 Å². The first-order valence-corrected chi connectivity index (χ1v) is 9.57. The number of hydrogen-bond acceptors (Lipinski definition) is 6. The van der Waals surface area contributed by atoms with E-state index in [4.69, 9.17) is 20.3 Å². The molecule has 0 radical (unpaired) electrons. The molecule has 0 saturated heterocycles. The first-order chi connectivity index (χ1) is 13.5. The number of aliphatic hydroxyl groups is 1. The summed E-state index contributed by atoms with van der Waals surface area (Å²) >= 11 is 0. The third-order valence-electron chi connectivity index (χ3n) is 4.05. The highest BCUT2D eigenvalue weighted by Crippen LogP contribution is 2.13. The molecule has 0 fully saturated rings. The number of ether oxygens (including phenoxy) is 2. The Kier molecular flexibility index (Phi) is 11.3. The van der Waals surface area contributed by atoms with Crippen molar-refractivity contribution in [2.24, 2.45) is 5.73 Å². The Morgan fingerprint density at radius 1 is 1.07 bits per heavy atom. The number of carbonyl (C=O) groups excluding carboxylic acids is 3. The molecule has 2 amide bonds. The summed E-state index contributed by atoms with van der Waals surface area (Å²) in [6, 6.07) is 5.05. The number of nitrogens with two attached hydrogens (primary N) is 1. The molecule has 0 aliphatic heterocycles. The molecule has 156 valence electrons. The van der Waals surface area contributed by atoms with Crippen LogP contribution in [0.4, 0.5) is 0 Å². The highest BCUT2D eigenvalue weighted by atomic mass is 16.5. The molecular weight excluding hydrogens is 364 g/mol. The van der Waals surface area contributed by atoms with E-state index in [0.29, 0.717) is 17.9 Å². The minimum atomic E-state index is -1.15. The zero-order valence-corrected chi connectivity index (χ0v) is 16.3. The molecule has 28 heavy (non-hydrogen) atoms. The van der Waals surface area contributed by atoms with E-state index in [-0.39, 0.29) is 6.61 Å². The summed E-state index contributed by atoms with van der Waals surface area (Å²) in [5, 5.41) is 11.2. The highest BCUT2D eigenvalue weighted by molar-refractivity contribution is 5.89. The van der Waals surface area contributed by atoms with Crippen LogP contribution in [0.15, 0.2) is 24.3 Å². The first-order valence-electron chi connectivity index (χ1n) is 9.57. The molecule has 8 nitrogen and oxygen atoms in total. The van der Waals surface area contributed by atoms with Crippen molar-refractivity contribution in [1.82, 2.24) is 5.32 Å². The van der Waals surface area contributed by atoms with Gasteiger partial charge in [-0.1, -0.05) is 39.0 Å². The lowest BCUT2D eigenvalue weighted by atomic mass is 10.1. The van der Waals surface area contributed by atoms with Crippen LogP contribution in [-0.2, 0) is 14.3 Å². The van der Waals surface area contributed by atoms with Crippen LogP contribution in [0.2, 0.25) is 0 Å². The van der Waals surface area contributed by atoms with Gasteiger partial charge >= 0.3 is 5.97 Å². The SMILES string of the molecule is CCCCCCCCOC(=O)c1ccc(OCC(=O)NC(CO)C(N)=O)cc1. The fourth-order valence-corrected chi connectivity index (χ4v) is 2.41. The lowest BCUT2D eigenvalue weighted by Crippen LogP contribution is -2.48. The van der Waals surface area contributed by atoms with E-state index in [1.165, 1.54) is 19.3 Å². The maximum atomic E-state index is 12.0. The Morgan fingerprint density at radius 3 is 2.32 bits per heavy atom. The largest absolute Gasteiger partial charge is 0.484 e. The van der Waals surface area contributed by atoms with Crippen LogP contribution < -0.4 is 15.8 Å². The molecule has 1 aromatic carbocycles. The van der Waals surface area contributed by atoms with Crippen molar-refractivity contribution in [3.8, 4) is 5.75 Å². The molecule has 0 aliphatic carbocycles. The molecule has 0 aliphatic rings. The van der Waals surface area contributed by atoms with Crippen LogP contribution in [0.25, 0.3) is 0 Å². The van der Waals surface area contributed by atoms with E-state index in [1.807, 2.05) is 0 Å². The van der Waals surface area contributed by atoms with Crippen molar-refractivity contribution in [3.63, 3.8) is 0 Å². The molecule has 8 heteroatoms. The van der Waals surface area contributed by atoms with Crippen molar-refractivity contribution in [2.45, 2.75) is 51.5 Å². The van der Waals surface area contributed by atoms with Gasteiger partial charge < -0.3 is 25.6 Å². The van der Waals surface area contributed by atoms with E-state index in [9.17, 15) is 14.4 Å². The Morgan fingerprint density at radius 2 is 1.71 bits per heavy atom. The lowest BCUT2D eigenvalue weighted by Gasteiger charge is -2.13. The quantitative estimate of drug-likeness (QED) is 0.324. The molecule has 1 rings (SSSR count). The number of aliphatic hydroxyl groups excluding tert-OH is 1. The van der Waals surface area contributed by atoms with Crippen LogP contribution in [-0.4, -0.2) is 48.8 Å². The fraction of sp³-hybridized carbons (Fsp3) is 0.550. The second-order valence-corrected chi connectivity index (χ2v) is 6.42. The van der Waals surface area contributed by atoms with Crippen LogP contribution in [0, 0.1) is 0 Å². The number of rotatable bonds is 14. The normalized spacial score (nSPS) is 11.5. The second kappa shape index (κ2) is 13.5. The third-order valence-corrected chi connectivity index (χ3v) is 4.05. The number of hydrogen-bond donors (Lipinski definition) is 3. The second-order valence-electron chi connectivity index (χ2n) is 6.42. The van der Waals surface area contributed by atoms with E-state index in [1.54, 1.807) is 24.3 Å². The van der Waals surface area contributed by atoms with Crippen LogP contribution in [0.3, 0.4) is 0 Å². The lowest BCUT2D eigenvalue weighted by molar-refractivity contribution is -0.129. The average molecular weight is 394 g/mol. The first kappa shape index (κ1) is 23.4. The summed E-state index contributed by atoms with van der Waals surface area (Å²) in [5.74, 6) is -1.45. The number of primary amides is 1. The van der Waals surface area contributed by atoms with Gasteiger partial charge in [0, 0.05) is 0 Å². The average Bonchev–Trinajstić information content (AvgIpc) is 2.69. The number of nitrogens with one attached hydrogen (secondary N) is 1. The minimum absolute atomic E-state index is 0.356. The molecule has 0 spiro atoms. The topological polar surface area (TPSA) is 128 Å². The summed E-state index contributed by atoms with van der Waals surface area (Å²) in [5.41, 5.74) is 5.42. The van der Waals surface area contributed by atoms with E-state index < -0.39 is 30.4 Å². The third kappa shape index (κ3) is 9.36. The summed E-state index contributed by atoms with van der Waals surface area (Å²) in [4.78, 5) is 34.6. The highest BCUT2D eigenvalue weighted by Gasteiger charge is 2.17. The maximum absolute atomic E-state index is 12.0. The minimum Gasteiger partial charge on any atom is -0.484 e. The molecule has 0 saturated carbocycles. The monoisotopic (exact) mass is 394 g/mol. The number of unbranched alkanes of at least 4 members (excludes halogenated alkanes) is 5. The van der Waals surface area contributed by atoms with E-state index in [0.717, 1.165) is 19.3 Å². The molecule has 0 aromatic heterocycles. The van der Waals surface area contributed by atoms with Gasteiger partial charge in [-0.15, -0.1) is 0 Å². The van der Waals surface area contributed by atoms with Crippen molar-refractivity contribution in [1.29, 1.82) is 0 Å². The predicted molar refractivity (Wildman–Crippen MR) is 104 cm³/mol. The van der Waals surface area contributed by atoms with Crippen molar-refractivity contribution < 1.29 is 29.0 Å². The Bertz CT molecular complexity index is 618. The number of esters is 1. The van der Waals surface area contributed by atoms with E-state index in [2.05, 4.69) is 12.2 Å². The van der Waals surface area contributed by atoms with Gasteiger partial charge in [-0.25, -0.2) is 4.79 Å². The zero-order chi connectivity index (χ0) is 20.8. The summed E-state index contributed by atoms with van der Waals surface area (Å²) in [7, 11) is 0. The molecule has 0 bridgehead atoms. The molecule has 1 aromatic rings. The fourth-order valence-electron chi connectivity index (χ4n) is 2.41. The van der Waals surface area contributed by atoms with Gasteiger partial charge in [0.25, 0.3) is 5.91 Å². The Hall–Kier alpha value is -2.61. The van der Waals surface area contributed by atoms with Crippen molar-refractivity contribution in [3.05, 3.63) is 29.8 Å². The zero-order valence-electron chi connectivity index (χ0n) is 16.3. The number of benzene rings is 1. The Labute approximate surface area is 165 Å². The smallest absolute Gasteiger partial charge is 0.338 e. The Balaban J connectivity index is 2.31. The molecule has 0 heterocycles. The van der Waals surface area contributed by atoms with Crippen molar-refractivity contribution >= 4 is 17.8 Å². The van der Waals surface area contributed by atoms with Crippen molar-refractivity contribution in [2.75, 3.05) is 19.8 Å². The van der Waals surface area contributed by atoms with Crippen LogP contribution in [0.5, 0.6) is 5.75 Å². The van der Waals surface area contributed by atoms with Gasteiger partial charge in [-0.2, -0.15) is 0 Å². The molecule has 1 atom stereocenters. The maximum Gasteiger partial charge on any atom is 0.338 e. The van der Waals surface area contributed by atoms with Gasteiger partial charge in [-0.3, -0.25) is 9.59 Å². The van der Waals surface area contributed by atoms with Gasteiger partial charge in [0.2, 0.25) is 5.91 Å². The van der Waals surface area contributed by atoms with Crippen LogP contribution >= 0.6 is 0 Å². The number of amides is 2. The van der Waals surface area contributed by atoms with Gasteiger partial charge in [0.1, 0.15) is 11.8 Å². The molecule has 4 N–H and O–H groups in total. The summed E-state index contributed by atoms with van der Waals surface area (Å²) < 4.78 is 10.5. The standard InChI is InChI=1S/C20H30N2O6/c1-2-3-4-5-6-7-12-27-20(26)15-8-10-16(11-9-15)28-14-18(24)22-17(13-23)19(21)25/h8-11,17,23H,2-7,12-14H2,1H3,(H2,21,25)(H,22,24). The molecular formula is C20H30N2O6. The van der Waals surface area contributed by atoms with Gasteiger partial charge in [0.15, 0.2) is 6.61 Å². The molecule has 1 unspecified atom stereocenters. The number of carbonyl (C=O) groups is 3. The van der Waals surface area contributed by atoms with E-state index >= 15 is 0 Å².